The van der Waals surface area contributed by atoms with Crippen molar-refractivity contribution >= 4 is 5.69 Å². The Hall–Kier alpha value is -2.00. The average Bonchev–Trinajstić information content (AvgIpc) is 2.51. The first kappa shape index (κ1) is 13.0. The lowest BCUT2D eigenvalue weighted by Crippen LogP contribution is -2.41. The molecule has 0 unspecified atom stereocenters. The number of benzene rings is 2. The fourth-order valence-corrected chi connectivity index (χ4v) is 2.71. The Morgan fingerprint density at radius 3 is 2.45 bits per heavy atom. The lowest BCUT2D eigenvalue weighted by molar-refractivity contribution is 0.156. The van der Waals surface area contributed by atoms with Gasteiger partial charge in [0.15, 0.2) is 0 Å². The maximum atomic E-state index is 6.04. The van der Waals surface area contributed by atoms with Crippen molar-refractivity contribution in [2.45, 2.75) is 18.4 Å². The minimum absolute atomic E-state index is 0.206. The van der Waals surface area contributed by atoms with Gasteiger partial charge in [0, 0.05) is 18.8 Å². The first-order chi connectivity index (χ1) is 9.81. The molecule has 0 amide bonds. The molecule has 1 fully saturated rings. The molecule has 3 N–H and O–H groups in total. The van der Waals surface area contributed by atoms with Crippen molar-refractivity contribution in [3.63, 3.8) is 0 Å². The van der Waals surface area contributed by atoms with E-state index in [1.165, 1.54) is 5.56 Å². The first-order valence-corrected chi connectivity index (χ1v) is 7.09. The molecule has 2 atom stereocenters. The van der Waals surface area contributed by atoms with Crippen LogP contribution in [0.5, 0.6) is 5.75 Å². The summed E-state index contributed by atoms with van der Waals surface area (Å²) in [7, 11) is 0. The molecule has 20 heavy (non-hydrogen) atoms. The van der Waals surface area contributed by atoms with Gasteiger partial charge in [-0.3, -0.25) is 0 Å². The number of nitrogens with two attached hydrogens (primary N) is 1. The highest BCUT2D eigenvalue weighted by Gasteiger charge is 2.24. The van der Waals surface area contributed by atoms with Gasteiger partial charge in [0.25, 0.3) is 0 Å². The lowest BCUT2D eigenvalue weighted by Gasteiger charge is -2.30. The molecule has 1 saturated heterocycles. The molecular weight excluding hydrogens is 248 g/mol. The largest absolute Gasteiger partial charge is 0.489 e. The van der Waals surface area contributed by atoms with Crippen LogP contribution in [-0.2, 0) is 0 Å². The van der Waals surface area contributed by atoms with Crippen LogP contribution in [0.3, 0.4) is 0 Å². The monoisotopic (exact) mass is 268 g/mol. The van der Waals surface area contributed by atoms with Crippen molar-refractivity contribution in [3.8, 4) is 5.75 Å². The third kappa shape index (κ3) is 3.11. The minimum atomic E-state index is 0.206. The normalized spacial score (nSPS) is 22.4. The topological polar surface area (TPSA) is 47.3 Å². The van der Waals surface area contributed by atoms with Gasteiger partial charge in [-0.25, -0.2) is 0 Å². The zero-order chi connectivity index (χ0) is 13.8. The molecule has 0 aliphatic carbocycles. The summed E-state index contributed by atoms with van der Waals surface area (Å²) < 4.78 is 6.04. The number of rotatable bonds is 3. The predicted molar refractivity (Wildman–Crippen MR) is 81.9 cm³/mol. The van der Waals surface area contributed by atoms with Gasteiger partial charge in [0.2, 0.25) is 0 Å². The number of hydrogen-bond acceptors (Lipinski definition) is 3. The SMILES string of the molecule is Nc1ccc(O[C@H]2CNC[C@@H](c3ccccc3)C2)cc1. The van der Waals surface area contributed by atoms with Crippen molar-refractivity contribution in [2.24, 2.45) is 0 Å². The molecular formula is C17H20N2O. The Kier molecular flexibility index (Phi) is 3.88. The fourth-order valence-electron chi connectivity index (χ4n) is 2.71. The van der Waals surface area contributed by atoms with Gasteiger partial charge in [-0.15, -0.1) is 0 Å². The first-order valence-electron chi connectivity index (χ1n) is 7.09. The summed E-state index contributed by atoms with van der Waals surface area (Å²) in [4.78, 5) is 0. The Labute approximate surface area is 119 Å². The predicted octanol–water partition coefficient (Wildman–Crippen LogP) is 2.79. The summed E-state index contributed by atoms with van der Waals surface area (Å²) >= 11 is 0. The van der Waals surface area contributed by atoms with E-state index < -0.39 is 0 Å². The number of hydrogen-bond donors (Lipinski definition) is 2. The zero-order valence-electron chi connectivity index (χ0n) is 11.5. The molecule has 0 aromatic heterocycles. The van der Waals surface area contributed by atoms with Gasteiger partial charge in [-0.2, -0.15) is 0 Å². The van der Waals surface area contributed by atoms with Crippen LogP contribution in [0.25, 0.3) is 0 Å². The molecule has 2 aromatic rings. The summed E-state index contributed by atoms with van der Waals surface area (Å²) in [5.41, 5.74) is 7.84. The van der Waals surface area contributed by atoms with Crippen LogP contribution in [0.15, 0.2) is 54.6 Å². The molecule has 104 valence electrons. The van der Waals surface area contributed by atoms with Gasteiger partial charge in [0.05, 0.1) is 0 Å². The molecule has 3 nitrogen and oxygen atoms in total. The summed E-state index contributed by atoms with van der Waals surface area (Å²) in [6.07, 6.45) is 1.25. The lowest BCUT2D eigenvalue weighted by atomic mass is 9.90. The number of ether oxygens (including phenoxy) is 1. The number of piperidine rings is 1. The minimum Gasteiger partial charge on any atom is -0.489 e. The van der Waals surface area contributed by atoms with E-state index in [-0.39, 0.29) is 6.10 Å². The highest BCUT2D eigenvalue weighted by molar-refractivity contribution is 5.41. The highest BCUT2D eigenvalue weighted by atomic mass is 16.5. The summed E-state index contributed by atoms with van der Waals surface area (Å²) in [5.74, 6) is 1.41. The van der Waals surface area contributed by atoms with Crippen LogP contribution >= 0.6 is 0 Å². The van der Waals surface area contributed by atoms with E-state index in [1.807, 2.05) is 24.3 Å². The smallest absolute Gasteiger partial charge is 0.119 e. The molecule has 1 aliphatic heterocycles. The maximum absolute atomic E-state index is 6.04. The third-order valence-corrected chi connectivity index (χ3v) is 3.76. The van der Waals surface area contributed by atoms with Crippen LogP contribution in [0.1, 0.15) is 17.9 Å². The highest BCUT2D eigenvalue weighted by Crippen LogP contribution is 2.26. The Bertz CT molecular complexity index is 539. The van der Waals surface area contributed by atoms with Gasteiger partial charge in [-0.05, 0) is 42.2 Å². The standard InChI is InChI=1S/C17H20N2O/c18-15-6-8-16(9-7-15)20-17-10-14(11-19-12-17)13-4-2-1-3-5-13/h1-9,14,17,19H,10-12,18H2/t14-,17+/m0/s1. The molecule has 1 heterocycles. The summed E-state index contributed by atoms with van der Waals surface area (Å²) in [6, 6.07) is 18.3. The van der Waals surface area contributed by atoms with Crippen molar-refractivity contribution in [1.29, 1.82) is 0 Å². The van der Waals surface area contributed by atoms with Gasteiger partial charge in [-0.1, -0.05) is 30.3 Å². The van der Waals surface area contributed by atoms with E-state index in [9.17, 15) is 0 Å². The number of anilines is 1. The second-order valence-corrected chi connectivity index (χ2v) is 5.31. The quantitative estimate of drug-likeness (QED) is 0.842. The molecule has 0 radical (unpaired) electrons. The van der Waals surface area contributed by atoms with Gasteiger partial charge >= 0.3 is 0 Å². The molecule has 0 saturated carbocycles. The van der Waals surface area contributed by atoms with Crippen LogP contribution in [0, 0.1) is 0 Å². The van der Waals surface area contributed by atoms with Crippen LogP contribution in [-0.4, -0.2) is 19.2 Å². The van der Waals surface area contributed by atoms with Crippen molar-refractivity contribution in [3.05, 3.63) is 60.2 Å². The molecule has 0 bridgehead atoms. The average molecular weight is 268 g/mol. The zero-order valence-corrected chi connectivity index (χ0v) is 11.5. The van der Waals surface area contributed by atoms with Gasteiger partial charge < -0.3 is 15.8 Å². The van der Waals surface area contributed by atoms with E-state index >= 15 is 0 Å². The summed E-state index contributed by atoms with van der Waals surface area (Å²) in [6.45, 7) is 1.92. The van der Waals surface area contributed by atoms with E-state index in [0.717, 1.165) is 30.9 Å². The van der Waals surface area contributed by atoms with Crippen LogP contribution in [0.2, 0.25) is 0 Å². The Morgan fingerprint density at radius 1 is 0.950 bits per heavy atom. The second kappa shape index (κ2) is 5.97. The van der Waals surface area contributed by atoms with Crippen molar-refractivity contribution in [1.82, 2.24) is 5.32 Å². The van der Waals surface area contributed by atoms with Crippen LogP contribution in [0.4, 0.5) is 5.69 Å². The van der Waals surface area contributed by atoms with E-state index in [2.05, 4.69) is 35.6 Å². The fraction of sp³-hybridized carbons (Fsp3) is 0.294. The molecule has 3 heteroatoms. The van der Waals surface area contributed by atoms with Crippen LogP contribution < -0.4 is 15.8 Å². The Balaban J connectivity index is 1.65. The third-order valence-electron chi connectivity index (χ3n) is 3.76. The maximum Gasteiger partial charge on any atom is 0.119 e. The van der Waals surface area contributed by atoms with E-state index in [1.54, 1.807) is 0 Å². The number of nitrogen functional groups attached to an aromatic ring is 1. The molecule has 3 rings (SSSR count). The Morgan fingerprint density at radius 2 is 1.70 bits per heavy atom. The summed E-state index contributed by atoms with van der Waals surface area (Å²) in [5, 5.41) is 3.47. The molecule has 2 aromatic carbocycles. The van der Waals surface area contributed by atoms with Crippen molar-refractivity contribution in [2.75, 3.05) is 18.8 Å². The second-order valence-electron chi connectivity index (χ2n) is 5.31. The van der Waals surface area contributed by atoms with E-state index in [4.69, 9.17) is 10.5 Å². The number of nitrogens with one attached hydrogen (secondary N) is 1. The van der Waals surface area contributed by atoms with Crippen molar-refractivity contribution < 1.29 is 4.74 Å². The van der Waals surface area contributed by atoms with E-state index in [0.29, 0.717) is 5.92 Å². The molecule has 1 aliphatic rings. The van der Waals surface area contributed by atoms with Gasteiger partial charge in [0.1, 0.15) is 11.9 Å². The molecule has 0 spiro atoms.